The van der Waals surface area contributed by atoms with Gasteiger partial charge in [-0.25, -0.2) is 0 Å². The summed E-state index contributed by atoms with van der Waals surface area (Å²) < 4.78 is 0. The second kappa shape index (κ2) is 5.09. The first-order valence-corrected chi connectivity index (χ1v) is 8.68. The molecule has 0 heterocycles. The maximum Gasteiger partial charge on any atom is 0.142 e. The van der Waals surface area contributed by atoms with E-state index in [0.717, 1.165) is 12.3 Å². The van der Waals surface area contributed by atoms with Crippen molar-refractivity contribution in [1.29, 1.82) is 0 Å². The van der Waals surface area contributed by atoms with Gasteiger partial charge in [-0.1, -0.05) is 68.4 Å². The zero-order valence-corrected chi connectivity index (χ0v) is 14.3. The average molecular weight is 307 g/mol. The fourth-order valence-electron chi connectivity index (χ4n) is 4.66. The molecule has 2 aromatic rings. The molecule has 0 aliphatic heterocycles. The van der Waals surface area contributed by atoms with E-state index in [1.54, 1.807) is 0 Å². The van der Waals surface area contributed by atoms with Crippen molar-refractivity contribution in [2.75, 3.05) is 0 Å². The van der Waals surface area contributed by atoms with Gasteiger partial charge in [0.15, 0.2) is 0 Å². The molecule has 0 N–H and O–H groups in total. The third-order valence-electron chi connectivity index (χ3n) is 6.79. The van der Waals surface area contributed by atoms with Crippen LogP contribution >= 0.6 is 0 Å². The summed E-state index contributed by atoms with van der Waals surface area (Å²) in [4.78, 5) is 5.81. The van der Waals surface area contributed by atoms with Crippen molar-refractivity contribution in [2.24, 2.45) is 21.9 Å². The molecule has 0 amide bonds. The standard InChI is InChI=1S/C21H25NO/c1-20(2)17-11-12-21(20,3)19(13-17)22-23-14-16-9-6-8-15-7-4-5-10-18(15)16/h4-10,17H,11-14H2,1-3H3/t17-,21+/m0/s1. The molecular weight excluding hydrogens is 282 g/mol. The SMILES string of the molecule is CC1(C)[C@H]2CC[C@]1(C)C(=NOCc1cccc3ccccc13)C2. The molecule has 2 aliphatic rings. The van der Waals surface area contributed by atoms with E-state index in [0.29, 0.717) is 12.0 Å². The van der Waals surface area contributed by atoms with Gasteiger partial charge in [-0.05, 0) is 46.9 Å². The van der Waals surface area contributed by atoms with Gasteiger partial charge in [0.05, 0.1) is 5.71 Å². The molecule has 2 fully saturated rings. The van der Waals surface area contributed by atoms with Crippen LogP contribution in [-0.4, -0.2) is 5.71 Å². The molecule has 120 valence electrons. The van der Waals surface area contributed by atoms with E-state index < -0.39 is 0 Å². The Hall–Kier alpha value is -1.83. The van der Waals surface area contributed by atoms with E-state index in [-0.39, 0.29) is 5.41 Å². The van der Waals surface area contributed by atoms with E-state index in [2.05, 4.69) is 68.4 Å². The molecule has 2 nitrogen and oxygen atoms in total. The van der Waals surface area contributed by atoms with Crippen LogP contribution in [0, 0.1) is 16.7 Å². The van der Waals surface area contributed by atoms with Gasteiger partial charge in [0.25, 0.3) is 0 Å². The van der Waals surface area contributed by atoms with E-state index >= 15 is 0 Å². The molecule has 23 heavy (non-hydrogen) atoms. The summed E-state index contributed by atoms with van der Waals surface area (Å²) in [6.45, 7) is 7.72. The second-order valence-corrected chi connectivity index (χ2v) is 7.94. The van der Waals surface area contributed by atoms with Gasteiger partial charge >= 0.3 is 0 Å². The van der Waals surface area contributed by atoms with Crippen LogP contribution in [0.15, 0.2) is 47.6 Å². The molecule has 2 atom stereocenters. The van der Waals surface area contributed by atoms with Crippen molar-refractivity contribution in [3.05, 3.63) is 48.0 Å². The van der Waals surface area contributed by atoms with Crippen molar-refractivity contribution in [2.45, 2.75) is 46.6 Å². The summed E-state index contributed by atoms with van der Waals surface area (Å²) in [6.07, 6.45) is 3.70. The summed E-state index contributed by atoms with van der Waals surface area (Å²) in [7, 11) is 0. The smallest absolute Gasteiger partial charge is 0.142 e. The first kappa shape index (κ1) is 14.7. The van der Waals surface area contributed by atoms with Crippen molar-refractivity contribution in [3.63, 3.8) is 0 Å². The van der Waals surface area contributed by atoms with Gasteiger partial charge < -0.3 is 4.84 Å². The minimum atomic E-state index is 0.219. The average Bonchev–Trinajstić information content (AvgIpc) is 2.88. The molecule has 2 bridgehead atoms. The van der Waals surface area contributed by atoms with Crippen molar-refractivity contribution in [1.82, 2.24) is 0 Å². The highest BCUT2D eigenvalue weighted by atomic mass is 16.6. The van der Waals surface area contributed by atoms with Crippen LogP contribution in [0.4, 0.5) is 0 Å². The number of benzene rings is 2. The van der Waals surface area contributed by atoms with Crippen molar-refractivity contribution in [3.8, 4) is 0 Å². The van der Waals surface area contributed by atoms with Crippen molar-refractivity contribution >= 4 is 16.5 Å². The molecule has 0 unspecified atom stereocenters. The Bertz CT molecular complexity index is 771. The molecule has 2 heteroatoms. The Morgan fingerprint density at radius 2 is 1.87 bits per heavy atom. The van der Waals surface area contributed by atoms with Crippen LogP contribution in [0.3, 0.4) is 0 Å². The first-order valence-electron chi connectivity index (χ1n) is 8.68. The summed E-state index contributed by atoms with van der Waals surface area (Å²) in [5, 5.41) is 7.11. The van der Waals surface area contributed by atoms with E-state index in [9.17, 15) is 0 Å². The van der Waals surface area contributed by atoms with Gasteiger partial charge in [0.1, 0.15) is 6.61 Å². The maximum atomic E-state index is 5.81. The maximum absolute atomic E-state index is 5.81. The van der Waals surface area contributed by atoms with Crippen LogP contribution in [0.5, 0.6) is 0 Å². The lowest BCUT2D eigenvalue weighted by molar-refractivity contribution is 0.124. The quantitative estimate of drug-likeness (QED) is 0.680. The molecule has 0 saturated heterocycles. The van der Waals surface area contributed by atoms with Gasteiger partial charge in [-0.3, -0.25) is 0 Å². The first-order chi connectivity index (χ1) is 11.0. The van der Waals surface area contributed by atoms with Gasteiger partial charge in [-0.2, -0.15) is 0 Å². The zero-order valence-electron chi connectivity index (χ0n) is 14.3. The molecular formula is C21H25NO. The van der Waals surface area contributed by atoms with Crippen LogP contribution in [0.2, 0.25) is 0 Å². The second-order valence-electron chi connectivity index (χ2n) is 7.94. The van der Waals surface area contributed by atoms with Gasteiger partial charge in [-0.15, -0.1) is 0 Å². The molecule has 2 saturated carbocycles. The molecule has 4 rings (SSSR count). The third kappa shape index (κ3) is 2.11. The van der Waals surface area contributed by atoms with Crippen molar-refractivity contribution < 1.29 is 4.84 Å². The van der Waals surface area contributed by atoms with Gasteiger partial charge in [0.2, 0.25) is 0 Å². The largest absolute Gasteiger partial charge is 0.391 e. The van der Waals surface area contributed by atoms with Crippen LogP contribution in [0.25, 0.3) is 10.8 Å². The van der Waals surface area contributed by atoms with Gasteiger partial charge in [0, 0.05) is 5.41 Å². The lowest BCUT2D eigenvalue weighted by Gasteiger charge is -2.34. The number of hydrogen-bond donors (Lipinski definition) is 0. The number of nitrogens with zero attached hydrogens (tertiary/aromatic N) is 1. The Kier molecular flexibility index (Phi) is 3.26. The topological polar surface area (TPSA) is 21.6 Å². The monoisotopic (exact) mass is 307 g/mol. The number of oxime groups is 1. The van der Waals surface area contributed by atoms with E-state index in [1.165, 1.54) is 34.9 Å². The summed E-state index contributed by atoms with van der Waals surface area (Å²) in [6, 6.07) is 14.8. The van der Waals surface area contributed by atoms with E-state index in [1.807, 2.05) is 0 Å². The van der Waals surface area contributed by atoms with Crippen LogP contribution in [0.1, 0.15) is 45.6 Å². The predicted octanol–water partition coefficient (Wildman–Crippen LogP) is 5.56. The van der Waals surface area contributed by atoms with E-state index in [4.69, 9.17) is 4.84 Å². The minimum Gasteiger partial charge on any atom is -0.391 e. The Morgan fingerprint density at radius 3 is 2.61 bits per heavy atom. The zero-order chi connectivity index (χ0) is 16.1. The lowest BCUT2D eigenvalue weighted by atomic mass is 9.70. The molecule has 2 aromatic carbocycles. The molecule has 0 aromatic heterocycles. The third-order valence-corrected chi connectivity index (χ3v) is 6.79. The minimum absolute atomic E-state index is 0.219. The molecule has 0 spiro atoms. The summed E-state index contributed by atoms with van der Waals surface area (Å²) in [5.74, 6) is 0.771. The predicted molar refractivity (Wildman–Crippen MR) is 95.4 cm³/mol. The fraction of sp³-hybridized carbons (Fsp3) is 0.476. The summed E-state index contributed by atoms with van der Waals surface area (Å²) >= 11 is 0. The lowest BCUT2D eigenvalue weighted by Crippen LogP contribution is -2.32. The Labute approximate surface area is 138 Å². The normalized spacial score (nSPS) is 30.2. The highest BCUT2D eigenvalue weighted by Gasteiger charge is 2.60. The Balaban J connectivity index is 1.54. The summed E-state index contributed by atoms with van der Waals surface area (Å²) in [5.41, 5.74) is 3.06. The number of rotatable bonds is 3. The number of fused-ring (bicyclic) bond motifs is 3. The molecule has 0 radical (unpaired) electrons. The van der Waals surface area contributed by atoms with Crippen LogP contribution in [-0.2, 0) is 11.4 Å². The number of hydrogen-bond acceptors (Lipinski definition) is 2. The van der Waals surface area contributed by atoms with Crippen LogP contribution < -0.4 is 0 Å². The highest BCUT2D eigenvalue weighted by Crippen LogP contribution is 2.64. The molecule has 2 aliphatic carbocycles. The highest BCUT2D eigenvalue weighted by molar-refractivity contribution is 5.94. The Morgan fingerprint density at radius 1 is 1.09 bits per heavy atom. The fourth-order valence-corrected chi connectivity index (χ4v) is 4.66.